The summed E-state index contributed by atoms with van der Waals surface area (Å²) in [5.74, 6) is 0.236. The molecule has 0 heterocycles. The summed E-state index contributed by atoms with van der Waals surface area (Å²) in [6.07, 6.45) is 5.56. The number of rotatable bonds is 1. The number of fused-ring (bicyclic) bond motifs is 3. The van der Waals surface area contributed by atoms with Crippen LogP contribution in [0.5, 0.6) is 0 Å². The maximum absolute atomic E-state index is 11.5. The molecule has 132 valence electrons. The second-order valence-corrected chi connectivity index (χ2v) is 9.84. The second-order valence-electron chi connectivity index (χ2n) is 9.84. The van der Waals surface area contributed by atoms with E-state index in [0.29, 0.717) is 18.8 Å². The molecule has 3 N–H and O–H groups in total. The zero-order valence-corrected chi connectivity index (χ0v) is 15.2. The summed E-state index contributed by atoms with van der Waals surface area (Å²) in [6, 6.07) is 0. The molecule has 3 aliphatic rings. The lowest BCUT2D eigenvalue weighted by atomic mass is 9.41. The molecule has 0 unspecified atom stereocenters. The molecule has 3 saturated carbocycles. The van der Waals surface area contributed by atoms with Gasteiger partial charge in [0.15, 0.2) is 0 Å². The van der Waals surface area contributed by atoms with Gasteiger partial charge in [0, 0.05) is 11.3 Å². The van der Waals surface area contributed by atoms with E-state index in [2.05, 4.69) is 27.4 Å². The predicted octanol–water partition coefficient (Wildman–Crippen LogP) is 3.28. The minimum Gasteiger partial charge on any atom is -0.390 e. The molecule has 0 amide bonds. The number of hydrogen-bond donors (Lipinski definition) is 3. The van der Waals surface area contributed by atoms with Crippen LogP contribution < -0.4 is 0 Å². The van der Waals surface area contributed by atoms with Crippen LogP contribution in [-0.2, 0) is 0 Å². The molecule has 3 nitrogen and oxygen atoms in total. The van der Waals surface area contributed by atoms with Crippen LogP contribution in [-0.4, -0.2) is 33.1 Å². The monoisotopic (exact) mass is 322 g/mol. The third-order valence-electron chi connectivity index (χ3n) is 7.93. The Morgan fingerprint density at radius 2 is 1.70 bits per heavy atom. The van der Waals surface area contributed by atoms with Gasteiger partial charge in [-0.15, -0.1) is 6.58 Å². The summed E-state index contributed by atoms with van der Waals surface area (Å²) in [4.78, 5) is 0. The largest absolute Gasteiger partial charge is 0.390 e. The van der Waals surface area contributed by atoms with Gasteiger partial charge in [-0.05, 0) is 48.9 Å². The average Bonchev–Trinajstić information content (AvgIpc) is 2.43. The lowest BCUT2D eigenvalue weighted by Gasteiger charge is -2.66. The summed E-state index contributed by atoms with van der Waals surface area (Å²) in [5, 5.41) is 33.3. The SMILES string of the molecule is C=C[C@]1(C)C[C@]2(O)CC[C@H]3C(C)(C)CCC[C@]3(C)[C@@H]2[C@H](O)[C@H]1O. The first-order valence-electron chi connectivity index (χ1n) is 9.22. The van der Waals surface area contributed by atoms with Crippen LogP contribution in [0.4, 0.5) is 0 Å². The molecule has 3 aliphatic carbocycles. The Kier molecular flexibility index (Phi) is 3.84. The molecule has 0 aromatic rings. The van der Waals surface area contributed by atoms with Crippen molar-refractivity contribution in [3.05, 3.63) is 12.7 Å². The first kappa shape index (κ1) is 17.4. The van der Waals surface area contributed by atoms with Gasteiger partial charge in [0.25, 0.3) is 0 Å². The molecule has 3 heteroatoms. The van der Waals surface area contributed by atoms with Crippen LogP contribution in [0.2, 0.25) is 0 Å². The highest BCUT2D eigenvalue weighted by molar-refractivity contribution is 5.19. The molecule has 0 saturated heterocycles. The number of hydrogen-bond acceptors (Lipinski definition) is 3. The van der Waals surface area contributed by atoms with Crippen molar-refractivity contribution in [1.29, 1.82) is 0 Å². The summed E-state index contributed by atoms with van der Waals surface area (Å²) in [5.41, 5.74) is -1.41. The standard InChI is InChI=1S/C20H34O3/c1-6-18(4)12-20(23)11-8-13-17(2,3)9-7-10-19(13,5)15(20)14(21)16(18)22/h6,13-16,21-23H,1,7-12H2,2-5H3/t13-,14-,15-,16+,18+,19-,20+/m0/s1. The Bertz CT molecular complexity index is 501. The smallest absolute Gasteiger partial charge is 0.0891 e. The quantitative estimate of drug-likeness (QED) is 0.649. The molecule has 0 aromatic carbocycles. The van der Waals surface area contributed by atoms with Crippen LogP contribution in [0.25, 0.3) is 0 Å². The van der Waals surface area contributed by atoms with E-state index >= 15 is 0 Å². The van der Waals surface area contributed by atoms with Crippen molar-refractivity contribution in [2.75, 3.05) is 0 Å². The predicted molar refractivity (Wildman–Crippen MR) is 91.8 cm³/mol. The molecular formula is C20H34O3. The second kappa shape index (κ2) is 5.06. The van der Waals surface area contributed by atoms with Gasteiger partial charge in [0.1, 0.15) is 0 Å². The summed E-state index contributed by atoms with van der Waals surface area (Å²) in [7, 11) is 0. The normalized spacial score (nSPS) is 55.6. The Balaban J connectivity index is 2.05. The fourth-order valence-electron chi connectivity index (χ4n) is 6.86. The van der Waals surface area contributed by atoms with E-state index in [1.165, 1.54) is 6.42 Å². The van der Waals surface area contributed by atoms with Gasteiger partial charge >= 0.3 is 0 Å². The highest BCUT2D eigenvalue weighted by atomic mass is 16.3. The maximum atomic E-state index is 11.5. The van der Waals surface area contributed by atoms with Gasteiger partial charge in [0.05, 0.1) is 17.8 Å². The van der Waals surface area contributed by atoms with E-state index in [4.69, 9.17) is 0 Å². The molecule has 23 heavy (non-hydrogen) atoms. The number of aliphatic hydroxyl groups is 3. The van der Waals surface area contributed by atoms with Gasteiger partial charge in [0.2, 0.25) is 0 Å². The van der Waals surface area contributed by atoms with Crippen LogP contribution in [0.15, 0.2) is 12.7 Å². The topological polar surface area (TPSA) is 60.7 Å². The fourth-order valence-corrected chi connectivity index (χ4v) is 6.86. The van der Waals surface area contributed by atoms with Crippen molar-refractivity contribution in [1.82, 2.24) is 0 Å². The minimum absolute atomic E-state index is 0.113. The summed E-state index contributed by atoms with van der Waals surface area (Å²) in [6.45, 7) is 12.7. The lowest BCUT2D eigenvalue weighted by molar-refractivity contribution is -0.265. The van der Waals surface area contributed by atoms with Crippen LogP contribution in [0, 0.1) is 28.1 Å². The van der Waals surface area contributed by atoms with Gasteiger partial charge in [-0.1, -0.05) is 40.2 Å². The Labute approximate surface area is 140 Å². The molecule has 3 rings (SSSR count). The molecule has 0 aliphatic heterocycles. The van der Waals surface area contributed by atoms with Crippen LogP contribution >= 0.6 is 0 Å². The summed E-state index contributed by atoms with van der Waals surface area (Å²) >= 11 is 0. The highest BCUT2D eigenvalue weighted by Gasteiger charge is 2.66. The van der Waals surface area contributed by atoms with Crippen LogP contribution in [0.1, 0.15) is 66.2 Å². The van der Waals surface area contributed by atoms with Gasteiger partial charge in [-0.25, -0.2) is 0 Å². The number of aliphatic hydroxyl groups excluding tert-OH is 2. The molecule has 0 spiro atoms. The molecular weight excluding hydrogens is 288 g/mol. The first-order valence-corrected chi connectivity index (χ1v) is 9.22. The Morgan fingerprint density at radius 1 is 1.04 bits per heavy atom. The molecule has 0 radical (unpaired) electrons. The van der Waals surface area contributed by atoms with E-state index < -0.39 is 23.2 Å². The van der Waals surface area contributed by atoms with Gasteiger partial charge in [-0.3, -0.25) is 0 Å². The van der Waals surface area contributed by atoms with Crippen LogP contribution in [0.3, 0.4) is 0 Å². The average molecular weight is 322 g/mol. The van der Waals surface area contributed by atoms with Crippen molar-refractivity contribution < 1.29 is 15.3 Å². The highest BCUT2D eigenvalue weighted by Crippen LogP contribution is 2.66. The summed E-state index contributed by atoms with van der Waals surface area (Å²) < 4.78 is 0. The third-order valence-corrected chi connectivity index (χ3v) is 7.93. The zero-order chi connectivity index (χ0) is 17.3. The molecule has 3 fully saturated rings. The van der Waals surface area contributed by atoms with E-state index in [1.807, 2.05) is 6.92 Å². The fraction of sp³-hybridized carbons (Fsp3) is 0.900. The van der Waals surface area contributed by atoms with Crippen molar-refractivity contribution in [2.45, 2.75) is 84.0 Å². The van der Waals surface area contributed by atoms with Crippen molar-refractivity contribution in [3.63, 3.8) is 0 Å². The maximum Gasteiger partial charge on any atom is 0.0891 e. The van der Waals surface area contributed by atoms with Crippen molar-refractivity contribution >= 4 is 0 Å². The minimum atomic E-state index is -0.903. The van der Waals surface area contributed by atoms with E-state index in [0.717, 1.165) is 19.3 Å². The van der Waals surface area contributed by atoms with E-state index in [-0.39, 0.29) is 16.7 Å². The first-order chi connectivity index (χ1) is 10.5. The Morgan fingerprint density at radius 3 is 2.30 bits per heavy atom. The zero-order valence-electron chi connectivity index (χ0n) is 15.2. The molecule has 0 bridgehead atoms. The third kappa shape index (κ3) is 2.26. The van der Waals surface area contributed by atoms with Crippen molar-refractivity contribution in [3.8, 4) is 0 Å². The van der Waals surface area contributed by atoms with E-state index in [1.54, 1.807) is 6.08 Å². The Hall–Kier alpha value is -0.380. The van der Waals surface area contributed by atoms with Gasteiger partial charge in [-0.2, -0.15) is 0 Å². The lowest BCUT2D eigenvalue weighted by Crippen LogP contribution is -2.69. The van der Waals surface area contributed by atoms with Crippen molar-refractivity contribution in [2.24, 2.45) is 28.1 Å². The van der Waals surface area contributed by atoms with Gasteiger partial charge < -0.3 is 15.3 Å². The molecule has 7 atom stereocenters. The molecule has 0 aromatic heterocycles. The van der Waals surface area contributed by atoms with E-state index in [9.17, 15) is 15.3 Å².